The van der Waals surface area contributed by atoms with Gasteiger partial charge in [0.25, 0.3) is 0 Å². The number of hydrogen-bond donors (Lipinski definition) is 1. The Bertz CT molecular complexity index is 1130. The summed E-state index contributed by atoms with van der Waals surface area (Å²) in [6, 6.07) is 10.8. The molecule has 2 rings (SSSR count). The maximum absolute atomic E-state index is 13.3. The third-order valence-electron chi connectivity index (χ3n) is 5.24. The molecule has 2 aromatic carbocycles. The molecule has 1 atom stereocenters. The van der Waals surface area contributed by atoms with Gasteiger partial charge in [0.05, 0.1) is 11.9 Å². The number of anilines is 1. The Labute approximate surface area is 216 Å². The van der Waals surface area contributed by atoms with Gasteiger partial charge in [-0.05, 0) is 48.7 Å². The number of carbonyl (C=O) groups is 2. The Morgan fingerprint density at radius 1 is 1.06 bits per heavy atom. The molecule has 186 valence electrons. The van der Waals surface area contributed by atoms with Crippen molar-refractivity contribution in [2.75, 3.05) is 24.2 Å². The molecule has 7 nitrogen and oxygen atoms in total. The molecule has 11 heteroatoms. The predicted octanol–water partition coefficient (Wildman–Crippen LogP) is 4.75. The molecule has 34 heavy (non-hydrogen) atoms. The topological polar surface area (TPSA) is 86.8 Å². The van der Waals surface area contributed by atoms with Gasteiger partial charge in [0.1, 0.15) is 6.04 Å². The molecule has 2 aromatic rings. The molecular formula is C23H28Cl3N3O4S. The summed E-state index contributed by atoms with van der Waals surface area (Å²) < 4.78 is 25.9. The molecule has 0 radical (unpaired) electrons. The monoisotopic (exact) mass is 547 g/mol. The number of benzene rings is 2. The lowest BCUT2D eigenvalue weighted by molar-refractivity contribution is -0.141. The highest BCUT2D eigenvalue weighted by Crippen LogP contribution is 2.25. The summed E-state index contributed by atoms with van der Waals surface area (Å²) in [4.78, 5) is 27.2. The second-order valence-electron chi connectivity index (χ2n) is 7.71. The molecule has 0 saturated carbocycles. The van der Waals surface area contributed by atoms with Crippen LogP contribution in [0.15, 0.2) is 42.5 Å². The first-order chi connectivity index (χ1) is 16.0. The molecule has 0 fully saturated rings. The number of nitrogens with zero attached hydrogens (tertiary/aromatic N) is 2. The van der Waals surface area contributed by atoms with Crippen LogP contribution in [-0.4, -0.2) is 51.0 Å². The molecule has 0 aliphatic carbocycles. The average molecular weight is 549 g/mol. The minimum absolute atomic E-state index is 0.0330. The van der Waals surface area contributed by atoms with E-state index in [1.165, 1.54) is 16.3 Å². The van der Waals surface area contributed by atoms with Crippen LogP contribution in [-0.2, 0) is 26.2 Å². The van der Waals surface area contributed by atoms with E-state index in [2.05, 4.69) is 5.32 Å². The lowest BCUT2D eigenvalue weighted by Gasteiger charge is -2.31. The molecule has 0 unspecified atom stereocenters. The standard InChI is InChI=1S/C23H28Cl3N3O4S/c1-4-21(23(31)27-2)28(15-16-10-11-18(25)14-20(16)26)22(30)9-6-12-29(34(3,32)33)19-8-5-7-17(24)13-19/h5,7-8,10-11,13-14,21H,4,6,9,12,15H2,1-3H3,(H,27,31)/t21-/m1/s1. The number of halogens is 3. The maximum Gasteiger partial charge on any atom is 0.242 e. The van der Waals surface area contributed by atoms with Crippen molar-refractivity contribution in [3.8, 4) is 0 Å². The lowest BCUT2D eigenvalue weighted by atomic mass is 10.1. The molecule has 0 aliphatic rings. The molecule has 2 amide bonds. The molecule has 1 N–H and O–H groups in total. The number of likely N-dealkylation sites (N-methyl/N-ethyl adjacent to an activating group) is 1. The van der Waals surface area contributed by atoms with Gasteiger partial charge in [-0.3, -0.25) is 13.9 Å². The van der Waals surface area contributed by atoms with Crippen LogP contribution in [0.2, 0.25) is 15.1 Å². The number of rotatable bonds is 11. The Balaban J connectivity index is 2.22. The minimum Gasteiger partial charge on any atom is -0.357 e. The van der Waals surface area contributed by atoms with Crippen LogP contribution in [0.1, 0.15) is 31.7 Å². The summed E-state index contributed by atoms with van der Waals surface area (Å²) in [5.41, 5.74) is 1.07. The highest BCUT2D eigenvalue weighted by molar-refractivity contribution is 7.92. The fourth-order valence-corrected chi connectivity index (χ4v) is 5.16. The van der Waals surface area contributed by atoms with Crippen molar-refractivity contribution in [3.05, 3.63) is 63.1 Å². The van der Waals surface area contributed by atoms with Crippen molar-refractivity contribution in [2.24, 2.45) is 0 Å². The van der Waals surface area contributed by atoms with Crippen LogP contribution in [0.4, 0.5) is 5.69 Å². The van der Waals surface area contributed by atoms with Crippen molar-refractivity contribution in [3.63, 3.8) is 0 Å². The molecular weight excluding hydrogens is 521 g/mol. The van der Waals surface area contributed by atoms with Crippen molar-refractivity contribution in [1.82, 2.24) is 10.2 Å². The first-order valence-electron chi connectivity index (χ1n) is 10.7. The van der Waals surface area contributed by atoms with Gasteiger partial charge in [-0.15, -0.1) is 0 Å². The zero-order valence-electron chi connectivity index (χ0n) is 19.2. The van der Waals surface area contributed by atoms with E-state index in [9.17, 15) is 18.0 Å². The number of amides is 2. The molecule has 0 aliphatic heterocycles. The van der Waals surface area contributed by atoms with Gasteiger partial charge in [0.2, 0.25) is 21.8 Å². The molecule has 0 bridgehead atoms. The van der Waals surface area contributed by atoms with Gasteiger partial charge in [-0.2, -0.15) is 0 Å². The molecule has 0 spiro atoms. The summed E-state index contributed by atoms with van der Waals surface area (Å²) in [6.07, 6.45) is 1.77. The summed E-state index contributed by atoms with van der Waals surface area (Å²) in [5, 5.41) is 3.86. The van der Waals surface area contributed by atoms with Gasteiger partial charge in [-0.1, -0.05) is 53.9 Å². The summed E-state index contributed by atoms with van der Waals surface area (Å²) in [7, 11) is -2.08. The van der Waals surface area contributed by atoms with Gasteiger partial charge in [-0.25, -0.2) is 8.42 Å². The van der Waals surface area contributed by atoms with E-state index < -0.39 is 16.1 Å². The average Bonchev–Trinajstić information content (AvgIpc) is 2.76. The van der Waals surface area contributed by atoms with E-state index in [-0.39, 0.29) is 37.7 Å². The Morgan fingerprint density at radius 3 is 2.29 bits per heavy atom. The van der Waals surface area contributed by atoms with Crippen molar-refractivity contribution >= 4 is 62.3 Å². The van der Waals surface area contributed by atoms with Crippen molar-refractivity contribution < 1.29 is 18.0 Å². The van der Waals surface area contributed by atoms with E-state index in [0.29, 0.717) is 32.7 Å². The third kappa shape index (κ3) is 7.77. The number of carbonyl (C=O) groups excluding carboxylic acids is 2. The largest absolute Gasteiger partial charge is 0.357 e. The normalized spacial score (nSPS) is 12.2. The maximum atomic E-state index is 13.3. The Kier molecular flexibility index (Phi) is 10.5. The van der Waals surface area contributed by atoms with Crippen molar-refractivity contribution in [2.45, 2.75) is 38.8 Å². The van der Waals surface area contributed by atoms with E-state index in [1.807, 2.05) is 6.92 Å². The van der Waals surface area contributed by atoms with Gasteiger partial charge < -0.3 is 10.2 Å². The zero-order chi connectivity index (χ0) is 25.5. The van der Waals surface area contributed by atoms with Gasteiger partial charge >= 0.3 is 0 Å². The Morgan fingerprint density at radius 2 is 1.74 bits per heavy atom. The van der Waals surface area contributed by atoms with E-state index >= 15 is 0 Å². The summed E-state index contributed by atoms with van der Waals surface area (Å²) in [6.45, 7) is 2.01. The first kappa shape index (κ1) is 28.2. The summed E-state index contributed by atoms with van der Waals surface area (Å²) in [5.74, 6) is -0.585. The number of hydrogen-bond acceptors (Lipinski definition) is 4. The fraction of sp³-hybridized carbons (Fsp3) is 0.391. The van der Waals surface area contributed by atoms with E-state index in [1.54, 1.807) is 42.5 Å². The van der Waals surface area contributed by atoms with Crippen LogP contribution in [0.5, 0.6) is 0 Å². The molecule has 0 aromatic heterocycles. The minimum atomic E-state index is -3.59. The predicted molar refractivity (Wildman–Crippen MR) is 138 cm³/mol. The summed E-state index contributed by atoms with van der Waals surface area (Å²) >= 11 is 18.3. The van der Waals surface area contributed by atoms with E-state index in [0.717, 1.165) is 6.26 Å². The van der Waals surface area contributed by atoms with Crippen LogP contribution < -0.4 is 9.62 Å². The molecule has 0 heterocycles. The highest BCUT2D eigenvalue weighted by atomic mass is 35.5. The van der Waals surface area contributed by atoms with Crippen LogP contribution in [0, 0.1) is 0 Å². The van der Waals surface area contributed by atoms with Crippen LogP contribution >= 0.6 is 34.8 Å². The van der Waals surface area contributed by atoms with Gasteiger partial charge in [0.15, 0.2) is 0 Å². The van der Waals surface area contributed by atoms with Crippen molar-refractivity contribution in [1.29, 1.82) is 0 Å². The molecule has 0 saturated heterocycles. The fourth-order valence-electron chi connectivity index (χ4n) is 3.55. The first-order valence-corrected chi connectivity index (χ1v) is 13.6. The SMILES string of the molecule is CC[C@H](C(=O)NC)N(Cc1ccc(Cl)cc1Cl)C(=O)CCCN(c1cccc(Cl)c1)S(C)(=O)=O. The lowest BCUT2D eigenvalue weighted by Crippen LogP contribution is -2.48. The number of sulfonamides is 1. The van der Waals surface area contributed by atoms with Crippen LogP contribution in [0.25, 0.3) is 0 Å². The highest BCUT2D eigenvalue weighted by Gasteiger charge is 2.28. The van der Waals surface area contributed by atoms with Gasteiger partial charge in [0, 0.05) is 41.6 Å². The quantitative estimate of drug-likeness (QED) is 0.439. The second kappa shape index (κ2) is 12.6. The number of nitrogens with one attached hydrogen (secondary N) is 1. The van der Waals surface area contributed by atoms with Crippen LogP contribution in [0.3, 0.4) is 0 Å². The second-order valence-corrected chi connectivity index (χ2v) is 10.9. The smallest absolute Gasteiger partial charge is 0.242 e. The third-order valence-corrected chi connectivity index (χ3v) is 7.25. The Hall–Kier alpha value is -2.00. The van der Waals surface area contributed by atoms with E-state index in [4.69, 9.17) is 34.8 Å². The zero-order valence-corrected chi connectivity index (χ0v) is 22.3.